The van der Waals surface area contributed by atoms with Crippen LogP contribution in [0.25, 0.3) is 11.0 Å². The maximum absolute atomic E-state index is 12.2. The first-order valence-electron chi connectivity index (χ1n) is 5.98. The van der Waals surface area contributed by atoms with Gasteiger partial charge in [-0.1, -0.05) is 26.0 Å². The molecule has 0 unspecified atom stereocenters. The van der Waals surface area contributed by atoms with Gasteiger partial charge in [-0.2, -0.15) is 0 Å². The lowest BCUT2D eigenvalue weighted by molar-refractivity contribution is 0.292. The lowest BCUT2D eigenvalue weighted by atomic mass is 10.1. The molecule has 0 fully saturated rings. The van der Waals surface area contributed by atoms with Crippen molar-refractivity contribution >= 4 is 23.4 Å². The summed E-state index contributed by atoms with van der Waals surface area (Å²) >= 11 is 0. The van der Waals surface area contributed by atoms with Crippen LogP contribution in [0.2, 0.25) is 0 Å². The zero-order valence-electron chi connectivity index (χ0n) is 10.7. The minimum Gasteiger partial charge on any atom is -0.464 e. The molecule has 3 nitrogen and oxygen atoms in total. The lowest BCUT2D eigenvalue weighted by Gasteiger charge is -2.17. The predicted octanol–water partition coefficient (Wildman–Crippen LogP) is 3.06. The van der Waals surface area contributed by atoms with Crippen molar-refractivity contribution < 1.29 is 4.42 Å². The van der Waals surface area contributed by atoms with Crippen LogP contribution in [0.4, 0.5) is 0 Å². The third-order valence-corrected chi connectivity index (χ3v) is 3.04. The molecule has 4 heteroatoms. The van der Waals surface area contributed by atoms with Gasteiger partial charge in [0.05, 0.1) is 11.6 Å². The lowest BCUT2D eigenvalue weighted by Crippen LogP contribution is -2.25. The Balaban J connectivity index is 0.00000162. The first kappa shape index (κ1) is 14.7. The first-order chi connectivity index (χ1) is 8.26. The van der Waals surface area contributed by atoms with Crippen LogP contribution in [-0.2, 0) is 6.54 Å². The van der Waals surface area contributed by atoms with Crippen LogP contribution in [0.3, 0.4) is 0 Å². The third-order valence-electron chi connectivity index (χ3n) is 3.04. The van der Waals surface area contributed by atoms with E-state index in [0.29, 0.717) is 17.5 Å². The normalized spacial score (nSPS) is 10.6. The molecule has 0 spiro atoms. The number of benzene rings is 1. The van der Waals surface area contributed by atoms with Gasteiger partial charge in [0.1, 0.15) is 5.58 Å². The maximum Gasteiger partial charge on any atom is 0.197 e. The van der Waals surface area contributed by atoms with E-state index in [2.05, 4.69) is 18.7 Å². The van der Waals surface area contributed by atoms with Gasteiger partial charge >= 0.3 is 0 Å². The van der Waals surface area contributed by atoms with Crippen LogP contribution in [0.15, 0.2) is 39.7 Å². The summed E-state index contributed by atoms with van der Waals surface area (Å²) in [6.45, 7) is 6.70. The van der Waals surface area contributed by atoms with Crippen molar-refractivity contribution in [3.05, 3.63) is 46.3 Å². The van der Waals surface area contributed by atoms with E-state index in [-0.39, 0.29) is 17.8 Å². The second-order valence-corrected chi connectivity index (χ2v) is 4.05. The molecule has 18 heavy (non-hydrogen) atoms. The molecule has 1 aromatic heterocycles. The molecule has 98 valence electrons. The maximum atomic E-state index is 12.2. The molecule has 0 amide bonds. The largest absolute Gasteiger partial charge is 0.464 e. The first-order valence-corrected chi connectivity index (χ1v) is 5.98. The summed E-state index contributed by atoms with van der Waals surface area (Å²) in [6.07, 6.45) is 1.59. The summed E-state index contributed by atoms with van der Waals surface area (Å²) in [5.41, 5.74) is 1.46. The molecule has 1 heterocycles. The second-order valence-electron chi connectivity index (χ2n) is 4.05. The van der Waals surface area contributed by atoms with E-state index >= 15 is 0 Å². The summed E-state index contributed by atoms with van der Waals surface area (Å²) in [4.78, 5) is 14.4. The van der Waals surface area contributed by atoms with Gasteiger partial charge in [0, 0.05) is 12.1 Å². The van der Waals surface area contributed by atoms with Crippen LogP contribution in [0, 0.1) is 0 Å². The Labute approximate surface area is 113 Å². The molecule has 0 atom stereocenters. The Morgan fingerprint density at radius 2 is 1.83 bits per heavy atom. The van der Waals surface area contributed by atoms with E-state index in [1.54, 1.807) is 6.26 Å². The average Bonchev–Trinajstić information content (AvgIpc) is 2.38. The SMILES string of the molecule is CCN(CC)Cc1coc2ccccc2c1=O.Cl. The van der Waals surface area contributed by atoms with Crippen LogP contribution < -0.4 is 5.43 Å². The molecule has 0 bridgehead atoms. The standard InChI is InChI=1S/C14H17NO2.ClH/c1-3-15(4-2)9-11-10-17-13-8-6-5-7-12(13)14(11)16;/h5-8,10H,3-4,9H2,1-2H3;1H. The zero-order chi connectivity index (χ0) is 12.3. The zero-order valence-corrected chi connectivity index (χ0v) is 11.5. The van der Waals surface area contributed by atoms with E-state index < -0.39 is 0 Å². The number of fused-ring (bicyclic) bond motifs is 1. The van der Waals surface area contributed by atoms with Crippen molar-refractivity contribution in [2.75, 3.05) is 13.1 Å². The van der Waals surface area contributed by atoms with Crippen molar-refractivity contribution in [2.24, 2.45) is 0 Å². The van der Waals surface area contributed by atoms with Crippen molar-refractivity contribution in [2.45, 2.75) is 20.4 Å². The Kier molecular flexibility index (Phi) is 5.38. The Morgan fingerprint density at radius 3 is 2.50 bits per heavy atom. The van der Waals surface area contributed by atoms with Crippen molar-refractivity contribution in [1.29, 1.82) is 0 Å². The van der Waals surface area contributed by atoms with Gasteiger partial charge in [-0.15, -0.1) is 12.4 Å². The van der Waals surface area contributed by atoms with Gasteiger partial charge in [0.2, 0.25) is 0 Å². The van der Waals surface area contributed by atoms with Crippen LogP contribution in [-0.4, -0.2) is 18.0 Å². The number of nitrogens with zero attached hydrogens (tertiary/aromatic N) is 1. The van der Waals surface area contributed by atoms with Gasteiger partial charge < -0.3 is 4.42 Å². The molecule has 0 aliphatic rings. The van der Waals surface area contributed by atoms with E-state index in [0.717, 1.165) is 18.7 Å². The van der Waals surface area contributed by atoms with Gasteiger partial charge in [-0.3, -0.25) is 9.69 Å². The highest BCUT2D eigenvalue weighted by atomic mass is 35.5. The smallest absolute Gasteiger partial charge is 0.197 e. The van der Waals surface area contributed by atoms with E-state index in [1.807, 2.05) is 24.3 Å². The number of hydrogen-bond donors (Lipinski definition) is 0. The quantitative estimate of drug-likeness (QED) is 0.854. The average molecular weight is 268 g/mol. The fourth-order valence-corrected chi connectivity index (χ4v) is 1.92. The van der Waals surface area contributed by atoms with Gasteiger partial charge in [0.15, 0.2) is 5.43 Å². The van der Waals surface area contributed by atoms with E-state index in [4.69, 9.17) is 4.42 Å². The van der Waals surface area contributed by atoms with Crippen LogP contribution in [0.1, 0.15) is 19.4 Å². The summed E-state index contributed by atoms with van der Waals surface area (Å²) in [6, 6.07) is 7.36. The molecule has 0 N–H and O–H groups in total. The topological polar surface area (TPSA) is 33.5 Å². The molecular formula is C14H18ClNO2. The minimum atomic E-state index is 0. The Morgan fingerprint density at radius 1 is 1.17 bits per heavy atom. The molecular weight excluding hydrogens is 250 g/mol. The molecule has 0 aliphatic carbocycles. The number of hydrogen-bond acceptors (Lipinski definition) is 3. The fourth-order valence-electron chi connectivity index (χ4n) is 1.92. The highest BCUT2D eigenvalue weighted by Crippen LogP contribution is 2.11. The third kappa shape index (κ3) is 2.92. The van der Waals surface area contributed by atoms with Crippen molar-refractivity contribution in [3.63, 3.8) is 0 Å². The van der Waals surface area contributed by atoms with Crippen molar-refractivity contribution in [3.8, 4) is 0 Å². The number of para-hydroxylation sites is 1. The molecule has 2 aromatic rings. The molecule has 0 saturated heterocycles. The van der Waals surface area contributed by atoms with E-state index in [1.165, 1.54) is 0 Å². The number of rotatable bonds is 4. The van der Waals surface area contributed by atoms with Crippen LogP contribution >= 0.6 is 12.4 Å². The van der Waals surface area contributed by atoms with Crippen molar-refractivity contribution in [1.82, 2.24) is 4.90 Å². The highest BCUT2D eigenvalue weighted by molar-refractivity contribution is 5.85. The monoisotopic (exact) mass is 267 g/mol. The predicted molar refractivity (Wildman–Crippen MR) is 76.4 cm³/mol. The summed E-state index contributed by atoms with van der Waals surface area (Å²) in [5, 5.41) is 0.664. The molecule has 0 saturated carbocycles. The molecule has 0 aliphatic heterocycles. The highest BCUT2D eigenvalue weighted by Gasteiger charge is 2.08. The minimum absolute atomic E-state index is 0. The Hall–Kier alpha value is -1.32. The van der Waals surface area contributed by atoms with Crippen LogP contribution in [0.5, 0.6) is 0 Å². The number of halogens is 1. The Bertz CT molecular complexity index is 561. The van der Waals surface area contributed by atoms with Gasteiger partial charge in [-0.05, 0) is 25.2 Å². The second kappa shape index (κ2) is 6.57. The van der Waals surface area contributed by atoms with Gasteiger partial charge in [0.25, 0.3) is 0 Å². The molecule has 2 rings (SSSR count). The summed E-state index contributed by atoms with van der Waals surface area (Å²) in [5.74, 6) is 0. The van der Waals surface area contributed by atoms with E-state index in [9.17, 15) is 4.79 Å². The molecule has 1 aromatic carbocycles. The fraction of sp³-hybridized carbons (Fsp3) is 0.357. The summed E-state index contributed by atoms with van der Waals surface area (Å²) in [7, 11) is 0. The van der Waals surface area contributed by atoms with Gasteiger partial charge in [-0.25, -0.2) is 0 Å². The summed E-state index contributed by atoms with van der Waals surface area (Å²) < 4.78 is 5.49. The molecule has 0 radical (unpaired) electrons.